The minimum absolute atomic E-state index is 0.487. The lowest BCUT2D eigenvalue weighted by Gasteiger charge is -2.02. The van der Waals surface area contributed by atoms with Crippen LogP contribution in [0.1, 0.15) is 24.4 Å². The molecule has 1 aliphatic rings. The van der Waals surface area contributed by atoms with E-state index in [1.54, 1.807) is 4.80 Å². The van der Waals surface area contributed by atoms with Gasteiger partial charge in [0.1, 0.15) is 6.04 Å². The van der Waals surface area contributed by atoms with E-state index in [4.69, 9.17) is 17.3 Å². The van der Waals surface area contributed by atoms with Gasteiger partial charge in [-0.15, -0.1) is 0 Å². The largest absolute Gasteiger partial charge is 0.398 e. The highest BCUT2D eigenvalue weighted by molar-refractivity contribution is 6.33. The number of H-pyrrole nitrogens is 1. The first-order chi connectivity index (χ1) is 8.15. The Morgan fingerprint density at radius 1 is 1.47 bits per heavy atom. The molecule has 0 saturated heterocycles. The van der Waals surface area contributed by atoms with Crippen molar-refractivity contribution < 1.29 is 4.80 Å². The number of nitrogens with two attached hydrogens (primary N) is 1. The molecule has 3 N–H and O–H groups in total. The normalized spacial score (nSPS) is 15.2. The van der Waals surface area contributed by atoms with Gasteiger partial charge >= 0.3 is 5.82 Å². The number of benzene rings is 1. The lowest BCUT2D eigenvalue weighted by molar-refractivity contribution is -0.808. The second kappa shape index (κ2) is 3.70. The van der Waals surface area contributed by atoms with E-state index in [-0.39, 0.29) is 0 Å². The molecule has 1 saturated carbocycles. The smallest absolute Gasteiger partial charge is 0.339 e. The molecule has 1 heterocycles. The summed E-state index contributed by atoms with van der Waals surface area (Å²) >= 11 is 5.96. The molecule has 0 amide bonds. The van der Waals surface area contributed by atoms with Crippen molar-refractivity contribution in [3.63, 3.8) is 0 Å². The van der Waals surface area contributed by atoms with E-state index in [0.717, 1.165) is 11.1 Å². The molecule has 0 atom stereocenters. The number of anilines is 1. The van der Waals surface area contributed by atoms with Crippen LogP contribution >= 0.6 is 11.6 Å². The molecular weight excluding hydrogens is 238 g/mol. The van der Waals surface area contributed by atoms with Crippen molar-refractivity contribution in [1.82, 2.24) is 15.4 Å². The van der Waals surface area contributed by atoms with Gasteiger partial charge in [0.05, 0.1) is 21.4 Å². The summed E-state index contributed by atoms with van der Waals surface area (Å²) in [4.78, 5) is 1.81. The third-order valence-corrected chi connectivity index (χ3v) is 3.27. The molecule has 1 aliphatic carbocycles. The minimum atomic E-state index is 0.487. The first-order valence-electron chi connectivity index (χ1n) is 5.55. The molecule has 1 aromatic carbocycles. The average Bonchev–Trinajstić information content (AvgIpc) is 3.03. The lowest BCUT2D eigenvalue weighted by atomic mass is 10.1. The Bertz CT molecular complexity index is 573. The van der Waals surface area contributed by atoms with Crippen LogP contribution in [-0.4, -0.2) is 15.4 Å². The molecule has 0 spiro atoms. The SMILES string of the molecule is Cc1cc(Cl)c(N)cc1-c1n[nH][n+](C2CC2)n1. The van der Waals surface area contributed by atoms with Crippen molar-refractivity contribution in [1.29, 1.82) is 0 Å². The number of rotatable bonds is 2. The van der Waals surface area contributed by atoms with E-state index < -0.39 is 0 Å². The molecule has 17 heavy (non-hydrogen) atoms. The number of aromatic amines is 1. The van der Waals surface area contributed by atoms with Gasteiger partial charge in [-0.25, -0.2) is 0 Å². The predicted molar refractivity (Wildman–Crippen MR) is 64.4 cm³/mol. The summed E-state index contributed by atoms with van der Waals surface area (Å²) < 4.78 is 0. The summed E-state index contributed by atoms with van der Waals surface area (Å²) in [5.41, 5.74) is 8.29. The molecular formula is C11H13ClN5+. The second-order valence-electron chi connectivity index (χ2n) is 4.40. The van der Waals surface area contributed by atoms with Crippen LogP contribution in [0.15, 0.2) is 12.1 Å². The molecule has 0 bridgehead atoms. The zero-order valence-electron chi connectivity index (χ0n) is 9.44. The van der Waals surface area contributed by atoms with Crippen LogP contribution in [0.25, 0.3) is 11.4 Å². The number of aromatic nitrogens is 4. The number of hydrogen-bond acceptors (Lipinski definition) is 3. The molecule has 0 radical (unpaired) electrons. The van der Waals surface area contributed by atoms with Gasteiger partial charge in [-0.2, -0.15) is 0 Å². The van der Waals surface area contributed by atoms with Crippen LogP contribution < -0.4 is 10.5 Å². The van der Waals surface area contributed by atoms with Crippen molar-refractivity contribution in [3.05, 3.63) is 22.7 Å². The summed E-state index contributed by atoms with van der Waals surface area (Å²) in [5, 5.41) is 12.1. The Kier molecular flexibility index (Phi) is 2.29. The van der Waals surface area contributed by atoms with Crippen LogP contribution in [0.2, 0.25) is 5.02 Å². The highest BCUT2D eigenvalue weighted by atomic mass is 35.5. The number of halogens is 1. The lowest BCUT2D eigenvalue weighted by Crippen LogP contribution is -2.37. The highest BCUT2D eigenvalue weighted by Crippen LogP contribution is 2.30. The number of nitrogen functional groups attached to an aromatic ring is 1. The Labute approximate surface area is 104 Å². The zero-order chi connectivity index (χ0) is 12.0. The first-order valence-corrected chi connectivity index (χ1v) is 5.93. The summed E-state index contributed by atoms with van der Waals surface area (Å²) in [7, 11) is 0. The molecule has 6 heteroatoms. The van der Waals surface area contributed by atoms with Crippen LogP contribution in [0.3, 0.4) is 0 Å². The monoisotopic (exact) mass is 250 g/mol. The Hall–Kier alpha value is -1.62. The summed E-state index contributed by atoms with van der Waals surface area (Å²) in [6, 6.07) is 4.14. The van der Waals surface area contributed by atoms with E-state index in [1.165, 1.54) is 12.8 Å². The molecule has 0 unspecified atom stereocenters. The Morgan fingerprint density at radius 2 is 2.24 bits per heavy atom. The third kappa shape index (κ3) is 1.86. The summed E-state index contributed by atoms with van der Waals surface area (Å²) in [6.45, 7) is 1.97. The maximum Gasteiger partial charge on any atom is 0.339 e. The van der Waals surface area contributed by atoms with Crippen molar-refractivity contribution in [2.75, 3.05) is 5.73 Å². The quantitative estimate of drug-likeness (QED) is 0.629. The fourth-order valence-electron chi connectivity index (χ4n) is 1.77. The van der Waals surface area contributed by atoms with Gasteiger partial charge < -0.3 is 5.73 Å². The molecule has 0 aliphatic heterocycles. The van der Waals surface area contributed by atoms with Crippen molar-refractivity contribution >= 4 is 17.3 Å². The maximum absolute atomic E-state index is 5.96. The Balaban J connectivity index is 2.04. The van der Waals surface area contributed by atoms with Gasteiger partial charge in [0.25, 0.3) is 0 Å². The standard InChI is InChI=1S/C11H12ClN5/c1-6-4-9(12)10(13)5-8(6)11-14-16-17(15-11)7-2-3-7/h4-5,7H,2-3,13H2,1H3/p+1. The Morgan fingerprint density at radius 3 is 2.94 bits per heavy atom. The van der Waals surface area contributed by atoms with E-state index in [1.807, 2.05) is 19.1 Å². The maximum atomic E-state index is 5.96. The third-order valence-electron chi connectivity index (χ3n) is 2.94. The number of aryl methyl sites for hydroxylation is 1. The van der Waals surface area contributed by atoms with Gasteiger partial charge in [0.15, 0.2) is 0 Å². The van der Waals surface area contributed by atoms with E-state index in [9.17, 15) is 0 Å². The molecule has 2 aromatic rings. The van der Waals surface area contributed by atoms with Crippen LogP contribution in [-0.2, 0) is 0 Å². The first kappa shape index (κ1) is 10.5. The van der Waals surface area contributed by atoms with Crippen LogP contribution in [0.4, 0.5) is 5.69 Å². The van der Waals surface area contributed by atoms with E-state index in [2.05, 4.69) is 15.4 Å². The molecule has 1 fully saturated rings. The zero-order valence-corrected chi connectivity index (χ0v) is 10.2. The molecule has 1 aromatic heterocycles. The van der Waals surface area contributed by atoms with Crippen LogP contribution in [0, 0.1) is 6.92 Å². The van der Waals surface area contributed by atoms with Crippen LogP contribution in [0.5, 0.6) is 0 Å². The van der Waals surface area contributed by atoms with E-state index >= 15 is 0 Å². The van der Waals surface area contributed by atoms with Gasteiger partial charge in [-0.1, -0.05) is 16.4 Å². The fraction of sp³-hybridized carbons (Fsp3) is 0.364. The van der Waals surface area contributed by atoms with Gasteiger partial charge in [-0.05, 0) is 47.8 Å². The number of tetrazole rings is 1. The second-order valence-corrected chi connectivity index (χ2v) is 4.81. The van der Waals surface area contributed by atoms with Crippen molar-refractivity contribution in [2.45, 2.75) is 25.8 Å². The topological polar surface area (TPSA) is 71.5 Å². The van der Waals surface area contributed by atoms with Gasteiger partial charge in [0, 0.05) is 0 Å². The highest BCUT2D eigenvalue weighted by Gasteiger charge is 2.32. The average molecular weight is 251 g/mol. The van der Waals surface area contributed by atoms with Gasteiger partial charge in [-0.3, -0.25) is 0 Å². The molecule has 88 valence electrons. The minimum Gasteiger partial charge on any atom is -0.398 e. The number of nitrogens with zero attached hydrogens (tertiary/aromatic N) is 3. The van der Waals surface area contributed by atoms with E-state index in [0.29, 0.717) is 22.6 Å². The van der Waals surface area contributed by atoms with Crippen molar-refractivity contribution in [3.8, 4) is 11.4 Å². The summed E-state index contributed by atoms with van der Waals surface area (Å²) in [6.07, 6.45) is 2.34. The fourth-order valence-corrected chi connectivity index (χ4v) is 1.99. The molecule has 5 nitrogen and oxygen atoms in total. The molecule has 3 rings (SSSR count). The number of nitrogens with one attached hydrogen (secondary N) is 1. The summed E-state index contributed by atoms with van der Waals surface area (Å²) in [5.74, 6) is 0.665. The number of hydrogen-bond donors (Lipinski definition) is 2. The predicted octanol–water partition coefficient (Wildman–Crippen LogP) is 1.64. The van der Waals surface area contributed by atoms with Gasteiger partial charge in [0.2, 0.25) is 0 Å². The van der Waals surface area contributed by atoms with Crippen molar-refractivity contribution in [2.24, 2.45) is 0 Å².